The smallest absolute Gasteiger partial charge is 0.0288 e. The highest BCUT2D eigenvalue weighted by molar-refractivity contribution is 5.28. The summed E-state index contributed by atoms with van der Waals surface area (Å²) in [6.07, 6.45) is 14.0. The van der Waals surface area contributed by atoms with Crippen molar-refractivity contribution in [3.8, 4) is 0 Å². The number of allylic oxidation sites excluding steroid dienone is 1. The molecule has 1 heteroatoms. The van der Waals surface area contributed by atoms with E-state index in [0.717, 1.165) is 0 Å². The van der Waals surface area contributed by atoms with Crippen LogP contribution in [-0.4, -0.2) is 24.0 Å². The van der Waals surface area contributed by atoms with Crippen LogP contribution in [0.25, 0.3) is 0 Å². The summed E-state index contributed by atoms with van der Waals surface area (Å²) >= 11 is 0. The van der Waals surface area contributed by atoms with Gasteiger partial charge in [-0.3, -0.25) is 4.90 Å². The van der Waals surface area contributed by atoms with Gasteiger partial charge in [0.05, 0.1) is 0 Å². The average Bonchev–Trinajstić information content (AvgIpc) is 2.62. The van der Waals surface area contributed by atoms with Crippen LogP contribution in [0.15, 0.2) is 35.9 Å². The molecular weight excluding hydrogens is 326 g/mol. The van der Waals surface area contributed by atoms with Crippen molar-refractivity contribution in [2.24, 2.45) is 5.41 Å². The molecule has 1 aromatic carbocycles. The zero-order valence-electron chi connectivity index (χ0n) is 18.5. The van der Waals surface area contributed by atoms with Crippen LogP contribution in [0.2, 0.25) is 0 Å². The van der Waals surface area contributed by atoms with Crippen molar-refractivity contribution >= 4 is 0 Å². The summed E-state index contributed by atoms with van der Waals surface area (Å²) in [4.78, 5) is 2.79. The van der Waals surface area contributed by atoms with Crippen LogP contribution in [0, 0.1) is 12.3 Å². The van der Waals surface area contributed by atoms with Crippen LogP contribution in [0.3, 0.4) is 0 Å². The van der Waals surface area contributed by atoms with Crippen molar-refractivity contribution in [2.75, 3.05) is 13.1 Å². The first-order valence-electron chi connectivity index (χ1n) is 11.3. The van der Waals surface area contributed by atoms with Crippen LogP contribution >= 0.6 is 0 Å². The SMILES string of the molecule is CC(C)=CC(CC(C)(C)c1ccc(C)cc1)N1CCC2(CCCCC2)CC1. The van der Waals surface area contributed by atoms with E-state index >= 15 is 0 Å². The Kier molecular flexibility index (Phi) is 6.51. The lowest BCUT2D eigenvalue weighted by Crippen LogP contribution is -2.47. The topological polar surface area (TPSA) is 3.24 Å². The number of hydrogen-bond acceptors (Lipinski definition) is 1. The molecule has 2 aliphatic rings. The molecule has 1 aromatic rings. The number of rotatable bonds is 5. The van der Waals surface area contributed by atoms with Gasteiger partial charge in [-0.25, -0.2) is 0 Å². The Morgan fingerprint density at radius 1 is 1.00 bits per heavy atom. The number of aryl methyl sites for hydroxylation is 1. The molecule has 0 bridgehead atoms. The van der Waals surface area contributed by atoms with Gasteiger partial charge in [-0.2, -0.15) is 0 Å². The maximum absolute atomic E-state index is 2.79. The van der Waals surface area contributed by atoms with E-state index in [9.17, 15) is 0 Å². The molecule has 2 fully saturated rings. The Labute approximate surface area is 168 Å². The molecule has 1 heterocycles. The summed E-state index contributed by atoms with van der Waals surface area (Å²) in [6, 6.07) is 9.76. The predicted octanol–water partition coefficient (Wildman–Crippen LogP) is 7.04. The molecule has 1 nitrogen and oxygen atoms in total. The fourth-order valence-electron chi connectivity index (χ4n) is 5.46. The predicted molar refractivity (Wildman–Crippen MR) is 118 cm³/mol. The maximum atomic E-state index is 2.79. The van der Waals surface area contributed by atoms with Crippen LogP contribution < -0.4 is 0 Å². The number of benzene rings is 1. The van der Waals surface area contributed by atoms with Gasteiger partial charge in [-0.1, -0.05) is 74.6 Å². The van der Waals surface area contributed by atoms with E-state index in [1.807, 2.05) is 0 Å². The molecule has 1 spiro atoms. The highest BCUT2D eigenvalue weighted by Gasteiger charge is 2.37. The minimum absolute atomic E-state index is 0.199. The van der Waals surface area contributed by atoms with E-state index in [1.165, 1.54) is 81.2 Å². The zero-order valence-corrected chi connectivity index (χ0v) is 18.5. The minimum atomic E-state index is 0.199. The molecule has 1 saturated carbocycles. The summed E-state index contributed by atoms with van der Waals surface area (Å²) in [5.74, 6) is 0. The average molecular weight is 368 g/mol. The second-order valence-corrected chi connectivity index (χ2v) is 10.4. The number of likely N-dealkylation sites (tertiary alicyclic amines) is 1. The van der Waals surface area contributed by atoms with Crippen LogP contribution in [0.4, 0.5) is 0 Å². The third-order valence-electron chi connectivity index (χ3n) is 7.32. The summed E-state index contributed by atoms with van der Waals surface area (Å²) < 4.78 is 0. The Morgan fingerprint density at radius 2 is 1.59 bits per heavy atom. The van der Waals surface area contributed by atoms with Gasteiger partial charge in [-0.15, -0.1) is 0 Å². The van der Waals surface area contributed by atoms with E-state index in [-0.39, 0.29) is 5.41 Å². The fraction of sp³-hybridized carbons (Fsp3) is 0.692. The molecule has 1 atom stereocenters. The molecular formula is C26H41N. The number of nitrogens with zero attached hydrogens (tertiary/aromatic N) is 1. The van der Waals surface area contributed by atoms with Gasteiger partial charge in [0.15, 0.2) is 0 Å². The van der Waals surface area contributed by atoms with Crippen molar-refractivity contribution in [2.45, 2.75) is 97.4 Å². The summed E-state index contributed by atoms with van der Waals surface area (Å²) in [5.41, 5.74) is 5.17. The molecule has 0 aromatic heterocycles. The first-order chi connectivity index (χ1) is 12.8. The quantitative estimate of drug-likeness (QED) is 0.504. The van der Waals surface area contributed by atoms with Crippen LogP contribution in [-0.2, 0) is 5.41 Å². The largest absolute Gasteiger partial charge is 0.297 e. The van der Waals surface area contributed by atoms with Gasteiger partial charge < -0.3 is 0 Å². The van der Waals surface area contributed by atoms with E-state index in [2.05, 4.69) is 69.9 Å². The second-order valence-electron chi connectivity index (χ2n) is 10.4. The van der Waals surface area contributed by atoms with Crippen molar-refractivity contribution in [3.05, 3.63) is 47.0 Å². The second kappa shape index (κ2) is 8.52. The lowest BCUT2D eigenvalue weighted by atomic mass is 9.67. The lowest BCUT2D eigenvalue weighted by Gasteiger charge is -2.47. The van der Waals surface area contributed by atoms with Gasteiger partial charge in [0.1, 0.15) is 0 Å². The first kappa shape index (κ1) is 20.6. The van der Waals surface area contributed by atoms with E-state index < -0.39 is 0 Å². The molecule has 0 radical (unpaired) electrons. The molecule has 1 saturated heterocycles. The summed E-state index contributed by atoms with van der Waals surface area (Å²) in [6.45, 7) is 14.1. The van der Waals surface area contributed by atoms with Crippen molar-refractivity contribution in [1.29, 1.82) is 0 Å². The third kappa shape index (κ3) is 5.25. The first-order valence-corrected chi connectivity index (χ1v) is 11.3. The van der Waals surface area contributed by atoms with Gasteiger partial charge in [0.25, 0.3) is 0 Å². The Bertz CT molecular complexity index is 617. The Morgan fingerprint density at radius 3 is 2.15 bits per heavy atom. The highest BCUT2D eigenvalue weighted by Crippen LogP contribution is 2.45. The molecule has 150 valence electrons. The van der Waals surface area contributed by atoms with Crippen molar-refractivity contribution in [3.63, 3.8) is 0 Å². The third-order valence-corrected chi connectivity index (χ3v) is 7.32. The lowest BCUT2D eigenvalue weighted by molar-refractivity contribution is 0.0490. The van der Waals surface area contributed by atoms with Gasteiger partial charge >= 0.3 is 0 Å². The maximum Gasteiger partial charge on any atom is 0.0288 e. The Balaban J connectivity index is 1.71. The molecule has 0 N–H and O–H groups in total. The van der Waals surface area contributed by atoms with Crippen LogP contribution in [0.5, 0.6) is 0 Å². The van der Waals surface area contributed by atoms with E-state index in [0.29, 0.717) is 11.5 Å². The monoisotopic (exact) mass is 367 g/mol. The van der Waals surface area contributed by atoms with Crippen molar-refractivity contribution < 1.29 is 0 Å². The Hall–Kier alpha value is -1.08. The van der Waals surface area contributed by atoms with Gasteiger partial charge in [0, 0.05) is 6.04 Å². The molecule has 1 aliphatic carbocycles. The fourth-order valence-corrected chi connectivity index (χ4v) is 5.46. The van der Waals surface area contributed by atoms with E-state index in [4.69, 9.17) is 0 Å². The van der Waals surface area contributed by atoms with Gasteiger partial charge in [-0.05, 0) is 82.4 Å². The normalized spacial score (nSPS) is 21.8. The summed E-state index contributed by atoms with van der Waals surface area (Å²) in [7, 11) is 0. The standard InChI is InChI=1S/C26H41N/c1-21(2)19-24(20-25(4,5)23-11-9-22(3)10-12-23)27-17-15-26(16-18-27)13-7-6-8-14-26/h9-12,19,24H,6-8,13-18,20H2,1-5H3. The van der Waals surface area contributed by atoms with Crippen molar-refractivity contribution in [1.82, 2.24) is 4.90 Å². The molecule has 0 amide bonds. The molecule has 3 rings (SSSR count). The number of hydrogen-bond donors (Lipinski definition) is 0. The molecule has 1 unspecified atom stereocenters. The van der Waals surface area contributed by atoms with E-state index in [1.54, 1.807) is 0 Å². The van der Waals surface area contributed by atoms with Gasteiger partial charge in [0.2, 0.25) is 0 Å². The molecule has 27 heavy (non-hydrogen) atoms. The zero-order chi connectivity index (χ0) is 19.5. The minimum Gasteiger partial charge on any atom is -0.297 e. The summed E-state index contributed by atoms with van der Waals surface area (Å²) in [5, 5.41) is 0. The van der Waals surface area contributed by atoms with Crippen LogP contribution in [0.1, 0.15) is 90.2 Å². The molecule has 1 aliphatic heterocycles. The highest BCUT2D eigenvalue weighted by atomic mass is 15.2. The number of piperidine rings is 1.